The van der Waals surface area contributed by atoms with Crippen molar-refractivity contribution in [1.29, 1.82) is 0 Å². The van der Waals surface area contributed by atoms with E-state index in [1.165, 1.54) is 0 Å². The summed E-state index contributed by atoms with van der Waals surface area (Å²) in [7, 11) is 0. The molecule has 0 aliphatic heterocycles. The van der Waals surface area contributed by atoms with Crippen LogP contribution in [0.4, 0.5) is 0 Å². The average molecular weight is 204 g/mol. The molecular formula is C9H11Cl2N. The zero-order valence-corrected chi connectivity index (χ0v) is 8.11. The molecule has 0 saturated carbocycles. The second kappa shape index (κ2) is 5.20. The highest BCUT2D eigenvalue weighted by Crippen LogP contribution is 2.20. The number of rotatable bonds is 2. The highest BCUT2D eigenvalue weighted by Gasteiger charge is 2.03. The lowest BCUT2D eigenvalue weighted by atomic mass is 10.1. The molecule has 0 radical (unpaired) electrons. The summed E-state index contributed by atoms with van der Waals surface area (Å²) in [4.78, 5) is 0. The van der Waals surface area contributed by atoms with E-state index in [0.717, 1.165) is 5.56 Å². The van der Waals surface area contributed by atoms with Crippen LogP contribution in [0, 0.1) is 0 Å². The fourth-order valence-electron chi connectivity index (χ4n) is 0.872. The van der Waals surface area contributed by atoms with E-state index in [4.69, 9.17) is 17.3 Å². The van der Waals surface area contributed by atoms with E-state index in [9.17, 15) is 0 Å². The first-order valence-corrected chi connectivity index (χ1v) is 3.76. The van der Waals surface area contributed by atoms with Gasteiger partial charge in [0.05, 0.1) is 0 Å². The second-order valence-electron chi connectivity index (χ2n) is 2.28. The van der Waals surface area contributed by atoms with E-state index in [1.54, 1.807) is 6.08 Å². The average Bonchev–Trinajstić information content (AvgIpc) is 2.04. The first-order chi connectivity index (χ1) is 5.25. The van der Waals surface area contributed by atoms with Crippen LogP contribution in [0.2, 0.25) is 5.02 Å². The Labute approximate surface area is 83.6 Å². The van der Waals surface area contributed by atoms with Crippen molar-refractivity contribution in [2.75, 3.05) is 0 Å². The lowest BCUT2D eigenvalue weighted by Crippen LogP contribution is -2.06. The van der Waals surface area contributed by atoms with Gasteiger partial charge >= 0.3 is 0 Å². The summed E-state index contributed by atoms with van der Waals surface area (Å²) in [6.07, 6.45) is 1.67. The molecule has 0 unspecified atom stereocenters. The smallest absolute Gasteiger partial charge is 0.0493 e. The van der Waals surface area contributed by atoms with Crippen LogP contribution in [0.1, 0.15) is 11.6 Å². The Kier molecular flexibility index (Phi) is 4.98. The van der Waals surface area contributed by atoms with Crippen molar-refractivity contribution >= 4 is 24.0 Å². The molecule has 1 aromatic carbocycles. The van der Waals surface area contributed by atoms with Crippen molar-refractivity contribution < 1.29 is 0 Å². The Morgan fingerprint density at radius 2 is 2.00 bits per heavy atom. The molecule has 0 fully saturated rings. The van der Waals surface area contributed by atoms with Gasteiger partial charge in [0.15, 0.2) is 0 Å². The number of hydrogen-bond donors (Lipinski definition) is 1. The molecule has 1 aromatic rings. The molecule has 12 heavy (non-hydrogen) atoms. The van der Waals surface area contributed by atoms with Crippen molar-refractivity contribution in [3.05, 3.63) is 47.5 Å². The van der Waals surface area contributed by atoms with Crippen LogP contribution in [0.25, 0.3) is 0 Å². The highest BCUT2D eigenvalue weighted by molar-refractivity contribution is 6.31. The van der Waals surface area contributed by atoms with E-state index < -0.39 is 0 Å². The summed E-state index contributed by atoms with van der Waals surface area (Å²) in [6, 6.07) is 7.34. The van der Waals surface area contributed by atoms with E-state index in [-0.39, 0.29) is 18.4 Å². The van der Waals surface area contributed by atoms with Crippen LogP contribution in [0.3, 0.4) is 0 Å². The van der Waals surface area contributed by atoms with Gasteiger partial charge in [0.25, 0.3) is 0 Å². The first-order valence-electron chi connectivity index (χ1n) is 3.38. The van der Waals surface area contributed by atoms with Crippen molar-refractivity contribution in [2.45, 2.75) is 6.04 Å². The van der Waals surface area contributed by atoms with Crippen molar-refractivity contribution in [3.8, 4) is 0 Å². The molecule has 0 bridgehead atoms. The van der Waals surface area contributed by atoms with Crippen molar-refractivity contribution in [2.24, 2.45) is 5.73 Å². The van der Waals surface area contributed by atoms with Crippen LogP contribution in [0.15, 0.2) is 36.9 Å². The molecule has 0 saturated heterocycles. The molecule has 2 N–H and O–H groups in total. The SMILES string of the molecule is C=C[C@@H](N)c1ccccc1Cl.Cl. The maximum absolute atomic E-state index is 5.87. The normalized spacial score (nSPS) is 11.5. The number of halogens is 2. The molecule has 0 aromatic heterocycles. The molecule has 0 heterocycles. The maximum atomic E-state index is 5.87. The Hall–Kier alpha value is -0.500. The third-order valence-corrected chi connectivity index (χ3v) is 1.86. The minimum atomic E-state index is -0.163. The molecule has 0 spiro atoms. The minimum Gasteiger partial charge on any atom is -0.321 e. The quantitative estimate of drug-likeness (QED) is 0.736. The summed E-state index contributed by atoms with van der Waals surface area (Å²) in [5, 5.41) is 0.694. The number of benzene rings is 1. The van der Waals surface area contributed by atoms with Gasteiger partial charge in [-0.25, -0.2) is 0 Å². The second-order valence-corrected chi connectivity index (χ2v) is 2.69. The molecule has 1 atom stereocenters. The third-order valence-electron chi connectivity index (χ3n) is 1.52. The fraction of sp³-hybridized carbons (Fsp3) is 0.111. The minimum absolute atomic E-state index is 0. The van der Waals surface area contributed by atoms with E-state index >= 15 is 0 Å². The first kappa shape index (κ1) is 11.5. The third kappa shape index (κ3) is 2.52. The highest BCUT2D eigenvalue weighted by atomic mass is 35.5. The molecule has 0 aliphatic rings. The lowest BCUT2D eigenvalue weighted by Gasteiger charge is -2.07. The van der Waals surface area contributed by atoms with Gasteiger partial charge in [-0.3, -0.25) is 0 Å². The predicted molar refractivity (Wildman–Crippen MR) is 55.8 cm³/mol. The molecule has 0 amide bonds. The van der Waals surface area contributed by atoms with Crippen molar-refractivity contribution in [3.63, 3.8) is 0 Å². The molecule has 0 aliphatic carbocycles. The molecular weight excluding hydrogens is 193 g/mol. The van der Waals surface area contributed by atoms with Gasteiger partial charge in [0.2, 0.25) is 0 Å². The molecule has 66 valence electrons. The summed E-state index contributed by atoms with van der Waals surface area (Å²) in [6.45, 7) is 3.59. The Bertz CT molecular complexity index is 260. The number of nitrogens with two attached hydrogens (primary N) is 1. The van der Waals surface area contributed by atoms with Gasteiger partial charge in [0.1, 0.15) is 0 Å². The summed E-state index contributed by atoms with van der Waals surface area (Å²) in [5.41, 5.74) is 6.61. The maximum Gasteiger partial charge on any atom is 0.0493 e. The van der Waals surface area contributed by atoms with Gasteiger partial charge < -0.3 is 5.73 Å². The van der Waals surface area contributed by atoms with Crippen LogP contribution in [-0.4, -0.2) is 0 Å². The van der Waals surface area contributed by atoms with Gasteiger partial charge in [0, 0.05) is 11.1 Å². The fourth-order valence-corrected chi connectivity index (χ4v) is 1.13. The lowest BCUT2D eigenvalue weighted by molar-refractivity contribution is 0.915. The van der Waals surface area contributed by atoms with E-state index in [2.05, 4.69) is 6.58 Å². The van der Waals surface area contributed by atoms with Gasteiger partial charge in [-0.2, -0.15) is 0 Å². The Morgan fingerprint density at radius 1 is 1.42 bits per heavy atom. The zero-order chi connectivity index (χ0) is 8.27. The van der Waals surface area contributed by atoms with Gasteiger partial charge in [-0.05, 0) is 11.6 Å². The topological polar surface area (TPSA) is 26.0 Å². The molecule has 1 nitrogen and oxygen atoms in total. The zero-order valence-electron chi connectivity index (χ0n) is 6.53. The van der Waals surface area contributed by atoms with Crippen LogP contribution < -0.4 is 5.73 Å². The predicted octanol–water partition coefficient (Wildman–Crippen LogP) is 2.95. The van der Waals surface area contributed by atoms with Gasteiger partial charge in [-0.1, -0.05) is 35.9 Å². The Morgan fingerprint density at radius 3 is 2.50 bits per heavy atom. The monoisotopic (exact) mass is 203 g/mol. The molecule has 1 rings (SSSR count). The van der Waals surface area contributed by atoms with Crippen molar-refractivity contribution in [1.82, 2.24) is 0 Å². The van der Waals surface area contributed by atoms with E-state index in [0.29, 0.717) is 5.02 Å². The standard InChI is InChI=1S/C9H10ClN.ClH/c1-2-9(11)7-5-3-4-6-8(7)10;/h2-6,9H,1,11H2;1H/t9-;/m1./s1. The van der Waals surface area contributed by atoms with Gasteiger partial charge in [-0.15, -0.1) is 19.0 Å². The summed E-state index contributed by atoms with van der Waals surface area (Å²) < 4.78 is 0. The van der Waals surface area contributed by atoms with E-state index in [1.807, 2.05) is 24.3 Å². The summed E-state index contributed by atoms with van der Waals surface area (Å²) in [5.74, 6) is 0. The molecule has 3 heteroatoms. The van der Waals surface area contributed by atoms with Crippen LogP contribution in [-0.2, 0) is 0 Å². The largest absolute Gasteiger partial charge is 0.321 e. The number of hydrogen-bond acceptors (Lipinski definition) is 1. The Balaban J connectivity index is 0.00000121. The van der Waals surface area contributed by atoms with Crippen LogP contribution >= 0.6 is 24.0 Å². The summed E-state index contributed by atoms with van der Waals surface area (Å²) >= 11 is 5.87. The van der Waals surface area contributed by atoms with Crippen LogP contribution in [0.5, 0.6) is 0 Å².